The van der Waals surface area contributed by atoms with E-state index in [1.165, 1.54) is 24.3 Å². The maximum atomic E-state index is 12.4. The molecule has 3 N–H and O–H groups in total. The number of nitrogens with zero attached hydrogens (tertiary/aromatic N) is 1. The summed E-state index contributed by atoms with van der Waals surface area (Å²) in [6.45, 7) is 4.29. The quantitative estimate of drug-likeness (QED) is 0.672. The normalized spacial score (nSPS) is 16.2. The molecule has 1 saturated heterocycles. The van der Waals surface area contributed by atoms with Gasteiger partial charge in [0, 0.05) is 26.2 Å². The van der Waals surface area contributed by atoms with Crippen LogP contribution in [0.4, 0.5) is 0 Å². The molecule has 1 aliphatic rings. The highest BCUT2D eigenvalue weighted by Crippen LogP contribution is 2.14. The van der Waals surface area contributed by atoms with Gasteiger partial charge in [-0.15, -0.1) is 0 Å². The van der Waals surface area contributed by atoms with E-state index in [9.17, 15) is 16.8 Å². The molecule has 0 bridgehead atoms. The Morgan fingerprint density at radius 3 is 1.96 bits per heavy atom. The van der Waals surface area contributed by atoms with Crippen molar-refractivity contribution in [2.75, 3.05) is 26.3 Å². The smallest absolute Gasteiger partial charge is 0.240 e. The lowest BCUT2D eigenvalue weighted by Crippen LogP contribution is -2.35. The van der Waals surface area contributed by atoms with Gasteiger partial charge in [0.1, 0.15) is 0 Å². The predicted molar refractivity (Wildman–Crippen MR) is 104 cm³/mol. The molecule has 1 fully saturated rings. The fraction of sp³-hybridized carbons (Fsp3) is 0.333. The monoisotopic (exact) mass is 425 g/mol. The van der Waals surface area contributed by atoms with Crippen molar-refractivity contribution in [3.63, 3.8) is 0 Å². The van der Waals surface area contributed by atoms with Crippen LogP contribution in [-0.4, -0.2) is 48.0 Å². The maximum Gasteiger partial charge on any atom is 0.240 e. The van der Waals surface area contributed by atoms with Gasteiger partial charge in [-0.25, -0.2) is 26.7 Å². The minimum Gasteiger partial charge on any atom is -0.379 e. The summed E-state index contributed by atoms with van der Waals surface area (Å²) in [5, 5.41) is 5.02. The second-order valence-corrected chi connectivity index (χ2v) is 9.87. The third kappa shape index (κ3) is 5.60. The summed E-state index contributed by atoms with van der Waals surface area (Å²) in [6, 6.07) is 12.5. The van der Waals surface area contributed by atoms with Crippen LogP contribution < -0.4 is 9.86 Å². The molecule has 2 aromatic carbocycles. The van der Waals surface area contributed by atoms with Crippen molar-refractivity contribution in [2.45, 2.75) is 22.9 Å². The van der Waals surface area contributed by atoms with Gasteiger partial charge in [-0.1, -0.05) is 24.3 Å². The highest BCUT2D eigenvalue weighted by Gasteiger charge is 2.16. The van der Waals surface area contributed by atoms with Crippen molar-refractivity contribution >= 4 is 20.0 Å². The Hall–Kier alpha value is -1.82. The molecule has 2 aromatic rings. The van der Waals surface area contributed by atoms with E-state index >= 15 is 0 Å². The zero-order valence-electron chi connectivity index (χ0n) is 15.2. The first-order chi connectivity index (χ1) is 13.2. The van der Waals surface area contributed by atoms with Gasteiger partial charge in [0.25, 0.3) is 0 Å². The third-order valence-electron chi connectivity index (χ3n) is 4.46. The van der Waals surface area contributed by atoms with Crippen LogP contribution in [0.3, 0.4) is 0 Å². The molecule has 3 rings (SSSR count). The van der Waals surface area contributed by atoms with Crippen molar-refractivity contribution in [2.24, 2.45) is 5.14 Å². The van der Waals surface area contributed by atoms with Crippen LogP contribution in [-0.2, 0) is 37.9 Å². The zero-order chi connectivity index (χ0) is 20.2. The first-order valence-corrected chi connectivity index (χ1v) is 11.8. The van der Waals surface area contributed by atoms with Crippen molar-refractivity contribution < 1.29 is 21.6 Å². The van der Waals surface area contributed by atoms with Gasteiger partial charge in [-0.2, -0.15) is 0 Å². The highest BCUT2D eigenvalue weighted by atomic mass is 32.2. The van der Waals surface area contributed by atoms with Crippen LogP contribution in [0.25, 0.3) is 0 Å². The van der Waals surface area contributed by atoms with Crippen LogP contribution in [0, 0.1) is 0 Å². The molecule has 28 heavy (non-hydrogen) atoms. The molecule has 1 aliphatic heterocycles. The van der Waals surface area contributed by atoms with E-state index in [1.54, 1.807) is 0 Å². The van der Waals surface area contributed by atoms with Crippen LogP contribution in [0.15, 0.2) is 58.3 Å². The summed E-state index contributed by atoms with van der Waals surface area (Å²) in [4.78, 5) is 2.15. The number of nitrogens with two attached hydrogens (primary N) is 1. The first-order valence-electron chi connectivity index (χ1n) is 8.74. The van der Waals surface area contributed by atoms with Crippen molar-refractivity contribution in [3.8, 4) is 0 Å². The molecular weight excluding hydrogens is 402 g/mol. The van der Waals surface area contributed by atoms with E-state index in [4.69, 9.17) is 9.88 Å². The van der Waals surface area contributed by atoms with E-state index in [1.807, 2.05) is 24.3 Å². The molecule has 0 radical (unpaired) electrons. The highest BCUT2D eigenvalue weighted by molar-refractivity contribution is 7.89. The van der Waals surface area contributed by atoms with Gasteiger partial charge in [-0.3, -0.25) is 4.90 Å². The molecule has 0 unspecified atom stereocenters. The van der Waals surface area contributed by atoms with Crippen molar-refractivity contribution in [1.82, 2.24) is 9.62 Å². The van der Waals surface area contributed by atoms with Crippen molar-refractivity contribution in [3.05, 3.63) is 59.7 Å². The Morgan fingerprint density at radius 1 is 0.857 bits per heavy atom. The number of nitrogens with one attached hydrogen (secondary N) is 1. The van der Waals surface area contributed by atoms with Gasteiger partial charge >= 0.3 is 0 Å². The van der Waals surface area contributed by atoms with E-state index in [0.29, 0.717) is 0 Å². The minimum absolute atomic E-state index is 0.0242. The van der Waals surface area contributed by atoms with E-state index < -0.39 is 20.0 Å². The molecule has 10 heteroatoms. The summed E-state index contributed by atoms with van der Waals surface area (Å²) in [5.41, 5.74) is 1.99. The summed E-state index contributed by atoms with van der Waals surface area (Å²) >= 11 is 0. The first kappa shape index (κ1) is 20.9. The lowest BCUT2D eigenvalue weighted by Gasteiger charge is -2.26. The van der Waals surface area contributed by atoms with Gasteiger partial charge in [-0.05, 0) is 35.4 Å². The topological polar surface area (TPSA) is 119 Å². The number of primary sulfonamides is 1. The van der Waals surface area contributed by atoms with Crippen molar-refractivity contribution in [1.29, 1.82) is 0 Å². The largest absolute Gasteiger partial charge is 0.379 e. The number of benzene rings is 2. The van der Waals surface area contributed by atoms with Gasteiger partial charge in [0.05, 0.1) is 23.0 Å². The number of hydrogen-bond donors (Lipinski definition) is 2. The zero-order valence-corrected chi connectivity index (χ0v) is 16.9. The summed E-state index contributed by atoms with van der Waals surface area (Å²) in [6.07, 6.45) is 0. The Labute approximate surface area is 165 Å². The summed E-state index contributed by atoms with van der Waals surface area (Å²) in [7, 11) is -7.62. The summed E-state index contributed by atoms with van der Waals surface area (Å²) < 4.78 is 55.1. The second-order valence-electron chi connectivity index (χ2n) is 6.55. The van der Waals surface area contributed by atoms with E-state index in [-0.39, 0.29) is 16.3 Å². The third-order valence-corrected chi connectivity index (χ3v) is 6.81. The van der Waals surface area contributed by atoms with Gasteiger partial charge in [0.15, 0.2) is 0 Å². The molecule has 0 saturated carbocycles. The fourth-order valence-corrected chi connectivity index (χ4v) is 4.38. The maximum absolute atomic E-state index is 12.4. The fourth-order valence-electron chi connectivity index (χ4n) is 2.85. The Balaban J connectivity index is 1.59. The molecule has 0 aromatic heterocycles. The number of hydrogen-bond acceptors (Lipinski definition) is 6. The lowest BCUT2D eigenvalue weighted by molar-refractivity contribution is 0.0342. The number of ether oxygens (including phenoxy) is 1. The van der Waals surface area contributed by atoms with Crippen LogP contribution in [0.2, 0.25) is 0 Å². The van der Waals surface area contributed by atoms with Crippen LogP contribution in [0.5, 0.6) is 0 Å². The number of rotatable bonds is 7. The second kappa shape index (κ2) is 8.68. The molecule has 152 valence electrons. The molecule has 8 nitrogen and oxygen atoms in total. The molecule has 1 heterocycles. The SMILES string of the molecule is NS(=O)(=O)c1ccc(S(=O)(=O)NCc2ccc(CN3CCOCC3)cc2)cc1. The van der Waals surface area contributed by atoms with E-state index in [2.05, 4.69) is 9.62 Å². The number of morpholine rings is 1. The molecule has 0 spiro atoms. The standard InChI is InChI=1S/C18H23N3O5S2/c19-27(22,23)17-5-7-18(8-6-17)28(24,25)20-13-15-1-3-16(4-2-15)14-21-9-11-26-12-10-21/h1-8,20H,9-14H2,(H2,19,22,23). The summed E-state index contributed by atoms with van der Waals surface area (Å²) in [5.74, 6) is 0. The van der Waals surface area contributed by atoms with Gasteiger partial charge < -0.3 is 4.74 Å². The van der Waals surface area contributed by atoms with Crippen LogP contribution >= 0.6 is 0 Å². The minimum atomic E-state index is -3.86. The predicted octanol–water partition coefficient (Wildman–Crippen LogP) is 0.645. The van der Waals surface area contributed by atoms with E-state index in [0.717, 1.165) is 44.0 Å². The van der Waals surface area contributed by atoms with Crippen LogP contribution in [0.1, 0.15) is 11.1 Å². The molecule has 0 aliphatic carbocycles. The number of sulfonamides is 2. The molecular formula is C18H23N3O5S2. The Kier molecular flexibility index (Phi) is 6.48. The average Bonchev–Trinajstić information content (AvgIpc) is 2.68. The Bertz CT molecular complexity index is 998. The molecule has 0 amide bonds. The Morgan fingerprint density at radius 2 is 1.39 bits per heavy atom. The average molecular weight is 426 g/mol. The van der Waals surface area contributed by atoms with Gasteiger partial charge in [0.2, 0.25) is 20.0 Å². The molecule has 0 atom stereocenters. The lowest BCUT2D eigenvalue weighted by atomic mass is 10.1.